The predicted molar refractivity (Wildman–Crippen MR) is 155 cm³/mol. The van der Waals surface area contributed by atoms with Crippen LogP contribution >= 0.6 is 11.8 Å². The third-order valence-electron chi connectivity index (χ3n) is 6.50. The number of phenolic OH excluding ortho intramolecular Hbond substituents is 1. The van der Waals surface area contributed by atoms with Crippen LogP contribution in [0.15, 0.2) is 58.3 Å². The van der Waals surface area contributed by atoms with E-state index < -0.39 is 0 Å². The van der Waals surface area contributed by atoms with Gasteiger partial charge in [0.25, 0.3) is 0 Å². The summed E-state index contributed by atoms with van der Waals surface area (Å²) in [5.41, 5.74) is 0.787. The average molecular weight is 513 g/mol. The van der Waals surface area contributed by atoms with Crippen molar-refractivity contribution in [1.29, 1.82) is 0 Å². The number of hydrogen-bond donors (Lipinski definition) is 3. The molecule has 2 aromatic rings. The number of phenols is 1. The third kappa shape index (κ3) is 15.1. The largest absolute Gasteiger partial charge is 0.508 e. The number of carbonyl (C=O) groups excluding carboxylic acids is 1. The minimum Gasteiger partial charge on any atom is -0.508 e. The van der Waals surface area contributed by atoms with E-state index in [0.29, 0.717) is 0 Å². The summed E-state index contributed by atoms with van der Waals surface area (Å²) in [6, 6.07) is 14.8. The molecular weight excluding hydrogens is 464 g/mol. The number of unbranched alkanes of at least 4 members (excludes halogenated alkanes) is 15. The summed E-state index contributed by atoms with van der Waals surface area (Å²) in [6.45, 7) is 3.00. The summed E-state index contributed by atoms with van der Waals surface area (Å²) < 4.78 is 0. The highest BCUT2D eigenvalue weighted by molar-refractivity contribution is 7.99. The molecule has 0 aliphatic carbocycles. The van der Waals surface area contributed by atoms with Gasteiger partial charge in [-0.3, -0.25) is 0 Å². The fourth-order valence-electron chi connectivity index (χ4n) is 4.31. The third-order valence-corrected chi connectivity index (χ3v) is 7.52. The second-order valence-corrected chi connectivity index (χ2v) is 11.0. The molecule has 0 fully saturated rings. The Bertz CT molecular complexity index is 808. The molecule has 0 saturated carbocycles. The molecule has 0 heterocycles. The maximum atomic E-state index is 12.1. The maximum Gasteiger partial charge on any atom is 0.319 e. The molecule has 0 unspecified atom stereocenters. The van der Waals surface area contributed by atoms with Gasteiger partial charge in [0.1, 0.15) is 5.75 Å². The summed E-state index contributed by atoms with van der Waals surface area (Å²) in [4.78, 5) is 14.3. The van der Waals surface area contributed by atoms with Crippen LogP contribution in [0.1, 0.15) is 110 Å². The van der Waals surface area contributed by atoms with E-state index in [4.69, 9.17) is 0 Å². The van der Waals surface area contributed by atoms with Gasteiger partial charge in [-0.25, -0.2) is 4.79 Å². The molecule has 200 valence electrons. The van der Waals surface area contributed by atoms with Gasteiger partial charge in [-0.05, 0) is 55.0 Å². The lowest BCUT2D eigenvalue weighted by molar-refractivity contribution is 0.252. The quantitative estimate of drug-likeness (QED) is 0.155. The van der Waals surface area contributed by atoms with Crippen molar-refractivity contribution in [3.63, 3.8) is 0 Å². The fraction of sp³-hybridized carbons (Fsp3) is 0.581. The number of hydrogen-bond acceptors (Lipinski definition) is 3. The number of anilines is 1. The van der Waals surface area contributed by atoms with E-state index in [1.807, 2.05) is 36.4 Å². The first-order valence-corrected chi connectivity index (χ1v) is 15.1. The highest BCUT2D eigenvalue weighted by Crippen LogP contribution is 2.29. The molecule has 0 radical (unpaired) electrons. The van der Waals surface area contributed by atoms with Gasteiger partial charge in [0, 0.05) is 22.0 Å². The zero-order valence-electron chi connectivity index (χ0n) is 22.4. The van der Waals surface area contributed by atoms with Crippen LogP contribution in [0.4, 0.5) is 10.5 Å². The van der Waals surface area contributed by atoms with Gasteiger partial charge in [0.2, 0.25) is 0 Å². The van der Waals surface area contributed by atoms with Crippen LogP contribution in [0.2, 0.25) is 0 Å². The van der Waals surface area contributed by atoms with E-state index in [-0.39, 0.29) is 11.8 Å². The first-order valence-electron chi connectivity index (χ1n) is 14.3. The normalized spacial score (nSPS) is 10.9. The van der Waals surface area contributed by atoms with Crippen LogP contribution in [0.3, 0.4) is 0 Å². The number of benzene rings is 2. The fourth-order valence-corrected chi connectivity index (χ4v) is 5.12. The molecule has 0 saturated heterocycles. The Balaban J connectivity index is 1.38. The highest BCUT2D eigenvalue weighted by Gasteiger charge is 2.03. The summed E-state index contributed by atoms with van der Waals surface area (Å²) >= 11 is 1.62. The van der Waals surface area contributed by atoms with Crippen LogP contribution in [0.5, 0.6) is 5.75 Å². The van der Waals surface area contributed by atoms with Gasteiger partial charge >= 0.3 is 6.03 Å². The van der Waals surface area contributed by atoms with Crippen LogP contribution in [0, 0.1) is 0 Å². The van der Waals surface area contributed by atoms with Gasteiger partial charge < -0.3 is 15.7 Å². The molecular formula is C31H48N2O2S. The van der Waals surface area contributed by atoms with E-state index in [0.717, 1.165) is 28.4 Å². The number of amides is 2. The van der Waals surface area contributed by atoms with Crippen LogP contribution in [0.25, 0.3) is 0 Å². The molecule has 36 heavy (non-hydrogen) atoms. The standard InChI is InChI=1S/C31H48N2O2S/c1-2-3-4-5-6-7-8-9-10-11-12-13-14-15-16-17-26-32-31(35)33-27-18-22-29(23-19-27)36-30-24-20-28(34)21-25-30/h18-25,34H,2-17,26H2,1H3,(H2,32,33,35). The lowest BCUT2D eigenvalue weighted by Gasteiger charge is -2.09. The molecule has 2 aromatic carbocycles. The van der Waals surface area contributed by atoms with Crippen molar-refractivity contribution in [2.75, 3.05) is 11.9 Å². The second kappa shape index (κ2) is 20.0. The van der Waals surface area contributed by atoms with E-state index in [1.54, 1.807) is 23.9 Å². The van der Waals surface area contributed by atoms with Crippen molar-refractivity contribution in [3.05, 3.63) is 48.5 Å². The summed E-state index contributed by atoms with van der Waals surface area (Å²) in [6.07, 6.45) is 21.7. The molecule has 0 aliphatic rings. The van der Waals surface area contributed by atoms with Crippen molar-refractivity contribution in [2.24, 2.45) is 0 Å². The van der Waals surface area contributed by atoms with Crippen molar-refractivity contribution < 1.29 is 9.90 Å². The van der Waals surface area contributed by atoms with Crippen molar-refractivity contribution in [1.82, 2.24) is 5.32 Å². The molecule has 0 atom stereocenters. The second-order valence-electron chi connectivity index (χ2n) is 9.80. The Labute approximate surface area is 224 Å². The smallest absolute Gasteiger partial charge is 0.319 e. The first kappa shape index (κ1) is 30.1. The molecule has 2 amide bonds. The molecule has 0 bridgehead atoms. The molecule has 0 aromatic heterocycles. The number of aromatic hydroxyl groups is 1. The zero-order valence-corrected chi connectivity index (χ0v) is 23.2. The monoisotopic (exact) mass is 512 g/mol. The lowest BCUT2D eigenvalue weighted by atomic mass is 10.0. The van der Waals surface area contributed by atoms with Gasteiger partial charge in [-0.15, -0.1) is 0 Å². The number of carbonyl (C=O) groups is 1. The molecule has 2 rings (SSSR count). The van der Waals surface area contributed by atoms with E-state index >= 15 is 0 Å². The van der Waals surface area contributed by atoms with E-state index in [2.05, 4.69) is 17.6 Å². The van der Waals surface area contributed by atoms with Crippen molar-refractivity contribution in [3.8, 4) is 5.75 Å². The average Bonchev–Trinajstić information content (AvgIpc) is 2.88. The van der Waals surface area contributed by atoms with Crippen molar-refractivity contribution >= 4 is 23.5 Å². The Morgan fingerprint density at radius 1 is 0.639 bits per heavy atom. The van der Waals surface area contributed by atoms with E-state index in [9.17, 15) is 9.90 Å². The molecule has 3 N–H and O–H groups in total. The predicted octanol–water partition coefficient (Wildman–Crippen LogP) is 9.93. The number of rotatable bonds is 20. The number of nitrogens with one attached hydrogen (secondary N) is 2. The lowest BCUT2D eigenvalue weighted by Crippen LogP contribution is -2.29. The molecule has 0 aliphatic heterocycles. The van der Waals surface area contributed by atoms with Gasteiger partial charge in [-0.2, -0.15) is 0 Å². The Morgan fingerprint density at radius 3 is 1.53 bits per heavy atom. The van der Waals surface area contributed by atoms with Crippen LogP contribution < -0.4 is 10.6 Å². The van der Waals surface area contributed by atoms with Gasteiger partial charge in [0.15, 0.2) is 0 Å². The van der Waals surface area contributed by atoms with Gasteiger partial charge in [0.05, 0.1) is 0 Å². The molecule has 0 spiro atoms. The Hall–Kier alpha value is -2.14. The molecule has 5 heteroatoms. The minimum absolute atomic E-state index is 0.144. The van der Waals surface area contributed by atoms with Gasteiger partial charge in [-0.1, -0.05) is 115 Å². The van der Waals surface area contributed by atoms with Crippen LogP contribution in [-0.2, 0) is 0 Å². The van der Waals surface area contributed by atoms with E-state index in [1.165, 1.54) is 96.3 Å². The minimum atomic E-state index is -0.144. The Kier molecular flexibility index (Phi) is 16.7. The summed E-state index contributed by atoms with van der Waals surface area (Å²) in [5.74, 6) is 0.268. The summed E-state index contributed by atoms with van der Waals surface area (Å²) in [7, 11) is 0. The number of urea groups is 1. The maximum absolute atomic E-state index is 12.1. The Morgan fingerprint density at radius 2 is 1.06 bits per heavy atom. The topological polar surface area (TPSA) is 61.4 Å². The van der Waals surface area contributed by atoms with Crippen molar-refractivity contribution in [2.45, 2.75) is 119 Å². The zero-order chi connectivity index (χ0) is 25.7. The van der Waals surface area contributed by atoms with Crippen LogP contribution in [-0.4, -0.2) is 17.7 Å². The highest BCUT2D eigenvalue weighted by atomic mass is 32.2. The molecule has 4 nitrogen and oxygen atoms in total. The first-order chi connectivity index (χ1) is 17.7. The summed E-state index contributed by atoms with van der Waals surface area (Å²) in [5, 5.41) is 15.2. The SMILES string of the molecule is CCCCCCCCCCCCCCCCCCNC(=O)Nc1ccc(Sc2ccc(O)cc2)cc1.